The topological polar surface area (TPSA) is 62.0 Å². The van der Waals surface area contributed by atoms with Gasteiger partial charge in [0.1, 0.15) is 18.1 Å². The van der Waals surface area contributed by atoms with E-state index in [0.717, 1.165) is 22.0 Å². The predicted molar refractivity (Wildman–Crippen MR) is 91.9 cm³/mol. The molecule has 3 aromatic rings. The van der Waals surface area contributed by atoms with Crippen LogP contribution in [0.1, 0.15) is 5.56 Å². The number of rotatable bonds is 5. The van der Waals surface area contributed by atoms with Gasteiger partial charge >= 0.3 is 0 Å². The second-order valence-corrected chi connectivity index (χ2v) is 5.05. The van der Waals surface area contributed by atoms with E-state index < -0.39 is 0 Å². The maximum Gasteiger partial charge on any atom is 0.123 e. The van der Waals surface area contributed by atoms with Crippen LogP contribution < -0.4 is 4.74 Å². The summed E-state index contributed by atoms with van der Waals surface area (Å²) < 4.78 is 5.39. The summed E-state index contributed by atoms with van der Waals surface area (Å²) in [6.07, 6.45) is 1.75. The molecule has 0 bridgehead atoms. The second kappa shape index (κ2) is 6.94. The van der Waals surface area contributed by atoms with E-state index in [0.29, 0.717) is 5.75 Å². The standard InChI is InChI=1S/C19H17NO3/c21-10-11-23-15-5-1-4-14(12-15)13-20-18-8-2-7-17-16(18)6-3-9-19(17)22/h1-9,12-13,21-22H,10-11H2/b20-13+. The van der Waals surface area contributed by atoms with E-state index >= 15 is 0 Å². The second-order valence-electron chi connectivity index (χ2n) is 5.05. The Morgan fingerprint density at radius 1 is 0.957 bits per heavy atom. The van der Waals surface area contributed by atoms with Gasteiger partial charge in [-0.05, 0) is 29.8 Å². The van der Waals surface area contributed by atoms with E-state index in [1.165, 1.54) is 0 Å². The minimum atomic E-state index is -0.0161. The van der Waals surface area contributed by atoms with Crippen LogP contribution in [0.15, 0.2) is 65.7 Å². The summed E-state index contributed by atoms with van der Waals surface area (Å²) in [5, 5.41) is 20.4. The van der Waals surface area contributed by atoms with Gasteiger partial charge < -0.3 is 14.9 Å². The number of nitrogens with zero attached hydrogens (tertiary/aromatic N) is 1. The third kappa shape index (κ3) is 3.49. The number of ether oxygens (including phenoxy) is 1. The zero-order valence-corrected chi connectivity index (χ0v) is 12.5. The zero-order valence-electron chi connectivity index (χ0n) is 12.5. The minimum Gasteiger partial charge on any atom is -0.507 e. The van der Waals surface area contributed by atoms with Gasteiger partial charge in [-0.15, -0.1) is 0 Å². The number of benzene rings is 3. The molecule has 0 aliphatic heterocycles. The Morgan fingerprint density at radius 3 is 2.61 bits per heavy atom. The van der Waals surface area contributed by atoms with Crippen molar-refractivity contribution in [3.63, 3.8) is 0 Å². The molecule has 0 saturated carbocycles. The molecule has 0 heterocycles. The van der Waals surface area contributed by atoms with Gasteiger partial charge in [-0.25, -0.2) is 0 Å². The lowest BCUT2D eigenvalue weighted by Crippen LogP contribution is -2.01. The van der Waals surface area contributed by atoms with E-state index in [1.54, 1.807) is 18.3 Å². The van der Waals surface area contributed by atoms with Crippen molar-refractivity contribution >= 4 is 22.7 Å². The largest absolute Gasteiger partial charge is 0.507 e. The summed E-state index contributed by atoms with van der Waals surface area (Å²) in [6, 6.07) is 18.6. The SMILES string of the molecule is OCCOc1cccc(/C=N/c2cccc3c(O)cccc23)c1. The van der Waals surface area contributed by atoms with Gasteiger partial charge in [0.15, 0.2) is 0 Å². The van der Waals surface area contributed by atoms with Crippen LogP contribution in [0, 0.1) is 0 Å². The third-order valence-electron chi connectivity index (χ3n) is 3.45. The fourth-order valence-corrected chi connectivity index (χ4v) is 2.38. The molecule has 0 amide bonds. The normalized spacial score (nSPS) is 11.2. The van der Waals surface area contributed by atoms with Gasteiger partial charge in [0.25, 0.3) is 0 Å². The van der Waals surface area contributed by atoms with E-state index in [-0.39, 0.29) is 19.0 Å². The highest BCUT2D eigenvalue weighted by Gasteiger charge is 2.02. The molecular weight excluding hydrogens is 290 g/mol. The van der Waals surface area contributed by atoms with Gasteiger partial charge in [0.2, 0.25) is 0 Å². The molecule has 4 nitrogen and oxygen atoms in total. The van der Waals surface area contributed by atoms with Crippen LogP contribution in [0.2, 0.25) is 0 Å². The van der Waals surface area contributed by atoms with Gasteiger partial charge in [-0.2, -0.15) is 0 Å². The van der Waals surface area contributed by atoms with Crippen molar-refractivity contribution in [3.8, 4) is 11.5 Å². The maximum absolute atomic E-state index is 9.91. The molecule has 0 saturated heterocycles. The van der Waals surface area contributed by atoms with Gasteiger partial charge in [-0.3, -0.25) is 4.99 Å². The number of aromatic hydroxyl groups is 1. The number of hydrogen-bond acceptors (Lipinski definition) is 4. The zero-order chi connectivity index (χ0) is 16.1. The van der Waals surface area contributed by atoms with Crippen molar-refractivity contribution in [2.24, 2.45) is 4.99 Å². The molecule has 116 valence electrons. The lowest BCUT2D eigenvalue weighted by atomic mass is 10.1. The Morgan fingerprint density at radius 2 is 1.74 bits per heavy atom. The summed E-state index contributed by atoms with van der Waals surface area (Å²) in [5.74, 6) is 0.942. The first-order valence-corrected chi connectivity index (χ1v) is 7.36. The Kier molecular flexibility index (Phi) is 4.54. The number of aliphatic imine (C=N–C) groups is 1. The molecule has 0 spiro atoms. The lowest BCUT2D eigenvalue weighted by Gasteiger charge is -2.05. The Bertz CT molecular complexity index is 843. The first kappa shape index (κ1) is 15.1. The van der Waals surface area contributed by atoms with E-state index in [1.807, 2.05) is 48.5 Å². The van der Waals surface area contributed by atoms with Crippen LogP contribution in [0.25, 0.3) is 10.8 Å². The van der Waals surface area contributed by atoms with Crippen molar-refractivity contribution in [2.45, 2.75) is 0 Å². The molecule has 0 aromatic heterocycles. The fraction of sp³-hybridized carbons (Fsp3) is 0.105. The molecule has 0 aliphatic carbocycles. The predicted octanol–water partition coefficient (Wildman–Crippen LogP) is 3.67. The van der Waals surface area contributed by atoms with Crippen LogP contribution in [0.5, 0.6) is 11.5 Å². The molecule has 4 heteroatoms. The quantitative estimate of drug-likeness (QED) is 0.707. The molecule has 3 rings (SSSR count). The molecule has 0 unspecified atom stereocenters. The Labute approximate surface area is 134 Å². The van der Waals surface area contributed by atoms with E-state index in [2.05, 4.69) is 4.99 Å². The van der Waals surface area contributed by atoms with Crippen LogP contribution in [-0.4, -0.2) is 29.6 Å². The van der Waals surface area contributed by atoms with E-state index in [9.17, 15) is 5.11 Å². The smallest absolute Gasteiger partial charge is 0.123 e. The molecule has 0 fully saturated rings. The van der Waals surface area contributed by atoms with E-state index in [4.69, 9.17) is 9.84 Å². The summed E-state index contributed by atoms with van der Waals surface area (Å²) in [6.45, 7) is 0.251. The molecule has 3 aromatic carbocycles. The number of fused-ring (bicyclic) bond motifs is 1. The molecule has 0 atom stereocenters. The third-order valence-corrected chi connectivity index (χ3v) is 3.45. The van der Waals surface area contributed by atoms with Crippen molar-refractivity contribution in [3.05, 3.63) is 66.2 Å². The maximum atomic E-state index is 9.91. The first-order valence-electron chi connectivity index (χ1n) is 7.36. The minimum absolute atomic E-state index is 0.0161. The Balaban J connectivity index is 1.90. The number of aliphatic hydroxyl groups excluding tert-OH is 1. The van der Waals surface area contributed by atoms with Gasteiger partial charge in [0.05, 0.1) is 12.3 Å². The van der Waals surface area contributed by atoms with Gasteiger partial charge in [0, 0.05) is 17.0 Å². The van der Waals surface area contributed by atoms with Crippen molar-refractivity contribution in [2.75, 3.05) is 13.2 Å². The number of aliphatic hydroxyl groups is 1. The summed E-state index contributed by atoms with van der Waals surface area (Å²) >= 11 is 0. The Hall–Kier alpha value is -2.85. The van der Waals surface area contributed by atoms with Crippen LogP contribution in [-0.2, 0) is 0 Å². The first-order chi connectivity index (χ1) is 11.3. The van der Waals surface area contributed by atoms with Crippen LogP contribution in [0.4, 0.5) is 5.69 Å². The lowest BCUT2D eigenvalue weighted by molar-refractivity contribution is 0.201. The molecule has 0 radical (unpaired) electrons. The highest BCUT2D eigenvalue weighted by Crippen LogP contribution is 2.31. The summed E-state index contributed by atoms with van der Waals surface area (Å²) in [4.78, 5) is 4.53. The summed E-state index contributed by atoms with van der Waals surface area (Å²) in [7, 11) is 0. The van der Waals surface area contributed by atoms with Crippen LogP contribution >= 0.6 is 0 Å². The van der Waals surface area contributed by atoms with Crippen molar-refractivity contribution in [1.29, 1.82) is 0 Å². The molecule has 0 aliphatic rings. The van der Waals surface area contributed by atoms with Crippen LogP contribution in [0.3, 0.4) is 0 Å². The van der Waals surface area contributed by atoms with Gasteiger partial charge in [-0.1, -0.05) is 36.4 Å². The average molecular weight is 307 g/mol. The molecular formula is C19H17NO3. The monoisotopic (exact) mass is 307 g/mol. The number of phenolic OH excluding ortho intramolecular Hbond substituents is 1. The fourth-order valence-electron chi connectivity index (χ4n) is 2.38. The number of phenols is 1. The van der Waals surface area contributed by atoms with Crippen molar-refractivity contribution in [1.82, 2.24) is 0 Å². The highest BCUT2D eigenvalue weighted by atomic mass is 16.5. The van der Waals surface area contributed by atoms with Crippen molar-refractivity contribution < 1.29 is 14.9 Å². The summed E-state index contributed by atoms with van der Waals surface area (Å²) in [5.41, 5.74) is 1.69. The molecule has 2 N–H and O–H groups in total. The molecule has 23 heavy (non-hydrogen) atoms. The highest BCUT2D eigenvalue weighted by molar-refractivity contribution is 5.98. The number of hydrogen-bond donors (Lipinski definition) is 2. The average Bonchev–Trinajstić information content (AvgIpc) is 2.59.